The molecule has 0 spiro atoms. The van der Waals surface area contributed by atoms with Crippen LogP contribution in [-0.4, -0.2) is 41.9 Å². The molecule has 2 N–H and O–H groups in total. The minimum absolute atomic E-state index is 0.0317. The maximum Gasteiger partial charge on any atom is 0.251 e. The molecule has 0 aliphatic heterocycles. The van der Waals surface area contributed by atoms with Crippen LogP contribution in [-0.2, 0) is 4.79 Å². The van der Waals surface area contributed by atoms with Gasteiger partial charge in [-0.1, -0.05) is 44.6 Å². The molecule has 2 amide bonds. The second kappa shape index (κ2) is 10.6. The second-order valence-corrected chi connectivity index (χ2v) is 8.24. The summed E-state index contributed by atoms with van der Waals surface area (Å²) in [6.45, 7) is 2.95. The van der Waals surface area contributed by atoms with Crippen molar-refractivity contribution in [2.45, 2.75) is 83.2 Å². The molecule has 3 rings (SSSR count). The van der Waals surface area contributed by atoms with E-state index >= 15 is 0 Å². The molecule has 2 saturated carbocycles. The number of carbonyl (C=O) groups is 2. The van der Waals surface area contributed by atoms with Crippen LogP contribution in [0.25, 0.3) is 0 Å². The Kier molecular flexibility index (Phi) is 7.90. The van der Waals surface area contributed by atoms with Crippen molar-refractivity contribution < 1.29 is 9.59 Å². The summed E-state index contributed by atoms with van der Waals surface area (Å²) in [6, 6.07) is 8.30. The summed E-state index contributed by atoms with van der Waals surface area (Å²) in [5.41, 5.74) is 1.28. The smallest absolute Gasteiger partial charge is 0.251 e. The van der Waals surface area contributed by atoms with Crippen molar-refractivity contribution in [3.63, 3.8) is 0 Å². The van der Waals surface area contributed by atoms with E-state index in [9.17, 15) is 9.59 Å². The zero-order valence-electron chi connectivity index (χ0n) is 17.2. The number of hydrogen-bond donors (Lipinski definition) is 2. The third-order valence-corrected chi connectivity index (χ3v) is 6.16. The third kappa shape index (κ3) is 5.81. The molecule has 2 fully saturated rings. The standard InChI is InChI=1S/C23H35N3O2/c1-2-24-23(28)18-10-9-11-19(16-18)25-22(27)17-26(20-12-5-3-6-13-20)21-14-7-4-8-15-21/h9-11,16,20-21H,2-8,12-15,17H2,1H3,(H,24,28)(H,25,27). The van der Waals surface area contributed by atoms with Gasteiger partial charge >= 0.3 is 0 Å². The van der Waals surface area contributed by atoms with Crippen molar-refractivity contribution in [3.8, 4) is 0 Å². The molecular formula is C23H35N3O2. The van der Waals surface area contributed by atoms with E-state index in [4.69, 9.17) is 0 Å². The van der Waals surface area contributed by atoms with Crippen molar-refractivity contribution in [2.24, 2.45) is 0 Å². The van der Waals surface area contributed by atoms with E-state index in [-0.39, 0.29) is 11.8 Å². The first-order chi connectivity index (χ1) is 13.7. The van der Waals surface area contributed by atoms with Gasteiger partial charge in [0.1, 0.15) is 0 Å². The Bertz CT molecular complexity index is 631. The summed E-state index contributed by atoms with van der Waals surface area (Å²) in [5.74, 6) is -0.0752. The van der Waals surface area contributed by atoms with Crippen LogP contribution < -0.4 is 10.6 Å². The van der Waals surface area contributed by atoms with Gasteiger partial charge in [-0.25, -0.2) is 0 Å². The monoisotopic (exact) mass is 385 g/mol. The van der Waals surface area contributed by atoms with Gasteiger partial charge in [0, 0.05) is 29.9 Å². The molecule has 1 aromatic rings. The molecule has 0 heterocycles. The Balaban J connectivity index is 1.64. The Hall–Kier alpha value is -1.88. The highest BCUT2D eigenvalue weighted by atomic mass is 16.2. The lowest BCUT2D eigenvalue weighted by molar-refractivity contribution is -0.119. The average Bonchev–Trinajstić information content (AvgIpc) is 2.73. The summed E-state index contributed by atoms with van der Waals surface area (Å²) >= 11 is 0. The molecule has 0 unspecified atom stereocenters. The number of benzene rings is 1. The molecule has 0 bridgehead atoms. The van der Waals surface area contributed by atoms with Crippen LogP contribution in [0.5, 0.6) is 0 Å². The number of carbonyl (C=O) groups excluding carboxylic acids is 2. The SMILES string of the molecule is CCNC(=O)c1cccc(NC(=O)CN(C2CCCCC2)C2CCCCC2)c1. The van der Waals surface area contributed by atoms with Crippen molar-refractivity contribution in [1.82, 2.24) is 10.2 Å². The summed E-state index contributed by atoms with van der Waals surface area (Å²) in [7, 11) is 0. The molecule has 0 atom stereocenters. The topological polar surface area (TPSA) is 61.4 Å². The first-order valence-corrected chi connectivity index (χ1v) is 11.1. The van der Waals surface area contributed by atoms with E-state index in [1.54, 1.807) is 12.1 Å². The van der Waals surface area contributed by atoms with E-state index in [1.165, 1.54) is 64.2 Å². The molecule has 0 saturated heterocycles. The highest BCUT2D eigenvalue weighted by Gasteiger charge is 2.30. The molecule has 0 radical (unpaired) electrons. The van der Waals surface area contributed by atoms with Crippen LogP contribution in [0.2, 0.25) is 0 Å². The first-order valence-electron chi connectivity index (χ1n) is 11.1. The van der Waals surface area contributed by atoms with E-state index in [0.717, 1.165) is 0 Å². The fourth-order valence-corrected chi connectivity index (χ4v) is 4.75. The van der Waals surface area contributed by atoms with Crippen molar-refractivity contribution >= 4 is 17.5 Å². The Morgan fingerprint density at radius 2 is 1.57 bits per heavy atom. The van der Waals surface area contributed by atoms with E-state index in [0.29, 0.717) is 36.4 Å². The minimum Gasteiger partial charge on any atom is -0.352 e. The minimum atomic E-state index is -0.107. The van der Waals surface area contributed by atoms with Gasteiger partial charge in [-0.05, 0) is 50.8 Å². The average molecular weight is 386 g/mol. The molecule has 5 nitrogen and oxygen atoms in total. The molecule has 2 aliphatic carbocycles. The largest absolute Gasteiger partial charge is 0.352 e. The van der Waals surface area contributed by atoms with E-state index in [1.807, 2.05) is 19.1 Å². The molecule has 0 aromatic heterocycles. The Morgan fingerprint density at radius 3 is 2.14 bits per heavy atom. The maximum atomic E-state index is 12.9. The molecule has 1 aromatic carbocycles. The van der Waals surface area contributed by atoms with Crippen LogP contribution in [0.4, 0.5) is 5.69 Å². The lowest BCUT2D eigenvalue weighted by Gasteiger charge is -2.41. The van der Waals surface area contributed by atoms with Crippen LogP contribution in [0, 0.1) is 0 Å². The van der Waals surface area contributed by atoms with Gasteiger partial charge in [-0.2, -0.15) is 0 Å². The molecule has 5 heteroatoms. The van der Waals surface area contributed by atoms with Crippen molar-refractivity contribution in [3.05, 3.63) is 29.8 Å². The third-order valence-electron chi connectivity index (χ3n) is 6.16. The van der Waals surface area contributed by atoms with Crippen LogP contribution >= 0.6 is 0 Å². The highest BCUT2D eigenvalue weighted by molar-refractivity contribution is 5.97. The van der Waals surface area contributed by atoms with Crippen LogP contribution in [0.1, 0.15) is 81.5 Å². The van der Waals surface area contributed by atoms with Crippen molar-refractivity contribution in [1.29, 1.82) is 0 Å². The van der Waals surface area contributed by atoms with Gasteiger partial charge in [0.15, 0.2) is 0 Å². The van der Waals surface area contributed by atoms with Crippen LogP contribution in [0.15, 0.2) is 24.3 Å². The Labute approximate surface area is 169 Å². The number of nitrogens with one attached hydrogen (secondary N) is 2. The first kappa shape index (κ1) is 20.8. The lowest BCUT2D eigenvalue weighted by Crippen LogP contribution is -2.48. The van der Waals surface area contributed by atoms with E-state index in [2.05, 4.69) is 15.5 Å². The second-order valence-electron chi connectivity index (χ2n) is 8.24. The summed E-state index contributed by atoms with van der Waals surface area (Å²) < 4.78 is 0. The zero-order chi connectivity index (χ0) is 19.8. The van der Waals surface area contributed by atoms with E-state index < -0.39 is 0 Å². The van der Waals surface area contributed by atoms with Gasteiger partial charge in [-0.15, -0.1) is 0 Å². The number of nitrogens with zero attached hydrogens (tertiary/aromatic N) is 1. The van der Waals surface area contributed by atoms with Crippen LogP contribution in [0.3, 0.4) is 0 Å². The predicted molar refractivity (Wildman–Crippen MR) is 114 cm³/mol. The van der Waals surface area contributed by atoms with Crippen molar-refractivity contribution in [2.75, 3.05) is 18.4 Å². The number of anilines is 1. The van der Waals surface area contributed by atoms with Gasteiger partial charge < -0.3 is 10.6 Å². The highest BCUT2D eigenvalue weighted by Crippen LogP contribution is 2.30. The van der Waals surface area contributed by atoms with Gasteiger partial charge in [0.05, 0.1) is 6.54 Å². The summed E-state index contributed by atoms with van der Waals surface area (Å²) in [4.78, 5) is 27.4. The predicted octanol–water partition coefficient (Wildman–Crippen LogP) is 4.34. The Morgan fingerprint density at radius 1 is 0.964 bits per heavy atom. The number of hydrogen-bond acceptors (Lipinski definition) is 3. The molecule has 2 aliphatic rings. The number of amides is 2. The molecule has 28 heavy (non-hydrogen) atoms. The summed E-state index contributed by atoms with van der Waals surface area (Å²) in [6.07, 6.45) is 12.7. The molecule has 154 valence electrons. The summed E-state index contributed by atoms with van der Waals surface area (Å²) in [5, 5.41) is 5.83. The number of rotatable bonds is 7. The van der Waals surface area contributed by atoms with Gasteiger partial charge in [0.2, 0.25) is 5.91 Å². The zero-order valence-corrected chi connectivity index (χ0v) is 17.2. The fraction of sp³-hybridized carbons (Fsp3) is 0.652. The fourth-order valence-electron chi connectivity index (χ4n) is 4.75. The maximum absolute atomic E-state index is 12.9. The van der Waals surface area contributed by atoms with Gasteiger partial charge in [0.25, 0.3) is 5.91 Å². The normalized spacial score (nSPS) is 18.8. The molecular weight excluding hydrogens is 350 g/mol. The van der Waals surface area contributed by atoms with Gasteiger partial charge in [-0.3, -0.25) is 14.5 Å². The lowest BCUT2D eigenvalue weighted by atomic mass is 9.88. The quantitative estimate of drug-likeness (QED) is 0.734.